The molecule has 0 saturated carbocycles. The minimum absolute atomic E-state index is 0.0881. The van der Waals surface area contributed by atoms with Crippen LogP contribution in [0.1, 0.15) is 27.2 Å². The first-order chi connectivity index (χ1) is 14.5. The molecule has 0 bridgehead atoms. The molecule has 3 heterocycles. The molecule has 0 amide bonds. The lowest BCUT2D eigenvalue weighted by atomic mass is 10.0. The highest BCUT2D eigenvalue weighted by Crippen LogP contribution is 2.31. The first kappa shape index (κ1) is 18.4. The van der Waals surface area contributed by atoms with Crippen LogP contribution in [0.2, 0.25) is 0 Å². The third-order valence-electron chi connectivity index (χ3n) is 5.16. The Bertz CT molecular complexity index is 1480. The number of carbonyl (C=O) groups excluding carboxylic acids is 1. The van der Waals surface area contributed by atoms with Crippen LogP contribution in [0.5, 0.6) is 0 Å². The van der Waals surface area contributed by atoms with Gasteiger partial charge in [-0.25, -0.2) is 9.97 Å². The van der Waals surface area contributed by atoms with E-state index < -0.39 is 0 Å². The second-order valence-electron chi connectivity index (χ2n) is 7.20. The predicted molar refractivity (Wildman–Crippen MR) is 120 cm³/mol. The van der Waals surface area contributed by atoms with Gasteiger partial charge in [-0.15, -0.1) is 11.3 Å². The fraction of sp³-hybridized carbons (Fsp3) is 0.0833. The maximum absolute atomic E-state index is 13.1. The van der Waals surface area contributed by atoms with Gasteiger partial charge < -0.3 is 0 Å². The summed E-state index contributed by atoms with van der Waals surface area (Å²) in [5.41, 5.74) is 4.11. The maximum atomic E-state index is 13.1. The lowest BCUT2D eigenvalue weighted by molar-refractivity contribution is 0.103. The molecule has 5 nitrogen and oxygen atoms in total. The Morgan fingerprint density at radius 3 is 2.47 bits per heavy atom. The quantitative estimate of drug-likeness (QED) is 0.398. The number of fused-ring (bicyclic) bond motifs is 3. The predicted octanol–water partition coefficient (Wildman–Crippen LogP) is 4.84. The largest absolute Gasteiger partial charge is 0.289 e. The lowest BCUT2D eigenvalue weighted by Gasteiger charge is -2.06. The average Bonchev–Trinajstić information content (AvgIpc) is 3.12. The number of ketones is 1. The second-order valence-corrected chi connectivity index (χ2v) is 8.20. The van der Waals surface area contributed by atoms with E-state index in [1.807, 2.05) is 62.4 Å². The number of nitrogens with zero attached hydrogens (tertiary/aromatic N) is 3. The van der Waals surface area contributed by atoms with E-state index in [1.165, 1.54) is 11.3 Å². The molecular weight excluding hydrogens is 394 g/mol. The molecular formula is C24H17N3O2S. The molecule has 30 heavy (non-hydrogen) atoms. The number of aromatic nitrogens is 3. The Balaban J connectivity index is 1.70. The van der Waals surface area contributed by atoms with Crippen LogP contribution in [0.25, 0.3) is 26.1 Å². The van der Waals surface area contributed by atoms with E-state index in [2.05, 4.69) is 9.97 Å². The van der Waals surface area contributed by atoms with Crippen LogP contribution in [0.15, 0.2) is 71.8 Å². The summed E-state index contributed by atoms with van der Waals surface area (Å²) in [4.78, 5) is 36.0. The molecule has 0 aliphatic rings. The molecule has 0 aliphatic carbocycles. The van der Waals surface area contributed by atoms with Crippen LogP contribution in [-0.2, 0) is 0 Å². The van der Waals surface area contributed by atoms with Crippen LogP contribution in [0.4, 0.5) is 0 Å². The summed E-state index contributed by atoms with van der Waals surface area (Å²) in [5, 5.41) is 0.730. The van der Waals surface area contributed by atoms with Gasteiger partial charge in [0.1, 0.15) is 15.9 Å². The van der Waals surface area contributed by atoms with Crippen molar-refractivity contribution < 1.29 is 4.79 Å². The van der Waals surface area contributed by atoms with Crippen molar-refractivity contribution in [3.8, 4) is 5.69 Å². The minimum atomic E-state index is -0.138. The van der Waals surface area contributed by atoms with Gasteiger partial charge in [-0.05, 0) is 32.0 Å². The third-order valence-corrected chi connectivity index (χ3v) is 6.23. The fourth-order valence-electron chi connectivity index (χ4n) is 3.51. The van der Waals surface area contributed by atoms with Crippen molar-refractivity contribution in [1.29, 1.82) is 0 Å². The highest BCUT2D eigenvalue weighted by atomic mass is 32.1. The molecule has 0 spiro atoms. The zero-order valence-corrected chi connectivity index (χ0v) is 17.2. The summed E-state index contributed by atoms with van der Waals surface area (Å²) in [5.74, 6) is -0.0881. The Morgan fingerprint density at radius 1 is 1.00 bits per heavy atom. The van der Waals surface area contributed by atoms with Crippen LogP contribution in [0, 0.1) is 13.8 Å². The summed E-state index contributed by atoms with van der Waals surface area (Å²) in [6.07, 6.45) is 1.54. The summed E-state index contributed by atoms with van der Waals surface area (Å²) in [6.45, 7) is 3.82. The van der Waals surface area contributed by atoms with E-state index >= 15 is 0 Å². The molecule has 3 aromatic heterocycles. The highest BCUT2D eigenvalue weighted by Gasteiger charge is 2.18. The fourth-order valence-corrected chi connectivity index (χ4v) is 4.60. The van der Waals surface area contributed by atoms with E-state index in [-0.39, 0.29) is 11.3 Å². The zero-order valence-electron chi connectivity index (χ0n) is 16.4. The summed E-state index contributed by atoms with van der Waals surface area (Å²) in [7, 11) is 0. The van der Waals surface area contributed by atoms with Gasteiger partial charge in [-0.3, -0.25) is 14.2 Å². The van der Waals surface area contributed by atoms with Gasteiger partial charge in [0.25, 0.3) is 5.56 Å². The number of aryl methyl sites for hydroxylation is 2. The Morgan fingerprint density at radius 2 is 1.73 bits per heavy atom. The van der Waals surface area contributed by atoms with Crippen LogP contribution in [0.3, 0.4) is 0 Å². The SMILES string of the molecule is Cc1ccc(-n2cnc3c(sc4nc(C)c(C(=O)c5ccccc5)cc43)c2=O)cc1. The first-order valence-corrected chi connectivity index (χ1v) is 10.3. The van der Waals surface area contributed by atoms with Crippen LogP contribution >= 0.6 is 11.3 Å². The molecule has 5 aromatic rings. The maximum Gasteiger partial charge on any atom is 0.275 e. The number of rotatable bonds is 3. The van der Waals surface area contributed by atoms with Crippen LogP contribution < -0.4 is 5.56 Å². The molecule has 0 aliphatic heterocycles. The Hall–Kier alpha value is -3.64. The third kappa shape index (κ3) is 2.93. The minimum Gasteiger partial charge on any atom is -0.289 e. The summed E-state index contributed by atoms with van der Waals surface area (Å²) >= 11 is 1.31. The van der Waals surface area contributed by atoms with Gasteiger partial charge in [-0.2, -0.15) is 0 Å². The highest BCUT2D eigenvalue weighted by molar-refractivity contribution is 7.25. The smallest absolute Gasteiger partial charge is 0.275 e. The second kappa shape index (κ2) is 7.00. The summed E-state index contributed by atoms with van der Waals surface area (Å²) in [6, 6.07) is 18.7. The van der Waals surface area contributed by atoms with Crippen molar-refractivity contribution in [3.05, 3.63) is 99.7 Å². The Kier molecular flexibility index (Phi) is 4.29. The molecule has 0 atom stereocenters. The van der Waals surface area contributed by atoms with E-state index in [0.717, 1.165) is 16.6 Å². The molecule has 0 fully saturated rings. The van der Waals surface area contributed by atoms with Crippen molar-refractivity contribution in [1.82, 2.24) is 14.5 Å². The Labute approximate surface area is 176 Å². The van der Waals surface area contributed by atoms with Crippen LogP contribution in [-0.4, -0.2) is 20.3 Å². The van der Waals surface area contributed by atoms with Crippen molar-refractivity contribution >= 4 is 37.6 Å². The number of hydrogen-bond acceptors (Lipinski definition) is 5. The topological polar surface area (TPSA) is 64.8 Å². The van der Waals surface area contributed by atoms with Crippen molar-refractivity contribution in [2.45, 2.75) is 13.8 Å². The molecule has 6 heteroatoms. The van der Waals surface area contributed by atoms with Crippen molar-refractivity contribution in [3.63, 3.8) is 0 Å². The first-order valence-electron chi connectivity index (χ1n) is 9.51. The van der Waals surface area contributed by atoms with E-state index in [0.29, 0.717) is 31.9 Å². The van der Waals surface area contributed by atoms with Crippen molar-refractivity contribution in [2.24, 2.45) is 0 Å². The van der Waals surface area contributed by atoms with Crippen molar-refractivity contribution in [2.75, 3.05) is 0 Å². The van der Waals surface area contributed by atoms with Gasteiger partial charge in [0, 0.05) is 16.5 Å². The van der Waals surface area contributed by atoms with Gasteiger partial charge in [0.05, 0.1) is 16.9 Å². The number of benzene rings is 2. The molecule has 0 radical (unpaired) electrons. The van der Waals surface area contributed by atoms with E-state index in [4.69, 9.17) is 0 Å². The monoisotopic (exact) mass is 411 g/mol. The molecule has 2 aromatic carbocycles. The standard InChI is InChI=1S/C24H17N3O2S/c1-14-8-10-17(11-9-14)27-13-25-20-19-12-18(21(28)16-6-4-3-5-7-16)15(2)26-23(19)30-22(20)24(27)29/h3-13H,1-2H3. The number of thiophene rings is 1. The van der Waals surface area contributed by atoms with E-state index in [9.17, 15) is 9.59 Å². The average molecular weight is 411 g/mol. The number of pyridine rings is 1. The van der Waals surface area contributed by atoms with Gasteiger partial charge in [0.2, 0.25) is 0 Å². The van der Waals surface area contributed by atoms with E-state index in [1.54, 1.807) is 23.0 Å². The van der Waals surface area contributed by atoms with Gasteiger partial charge in [0.15, 0.2) is 5.78 Å². The molecule has 146 valence electrons. The number of hydrogen-bond donors (Lipinski definition) is 0. The normalized spacial score (nSPS) is 11.3. The molecule has 0 N–H and O–H groups in total. The molecule has 0 unspecified atom stereocenters. The number of carbonyl (C=O) groups is 1. The lowest BCUT2D eigenvalue weighted by Crippen LogP contribution is -2.17. The molecule has 5 rings (SSSR count). The molecule has 0 saturated heterocycles. The zero-order chi connectivity index (χ0) is 20.8. The summed E-state index contributed by atoms with van der Waals surface area (Å²) < 4.78 is 2.07. The van der Waals surface area contributed by atoms with Gasteiger partial charge in [-0.1, -0.05) is 48.0 Å². The van der Waals surface area contributed by atoms with Gasteiger partial charge >= 0.3 is 0 Å².